The molecular weight excluding hydrogens is 346 g/mol. The first-order valence-electron chi connectivity index (χ1n) is 9.13. The lowest BCUT2D eigenvalue weighted by Crippen LogP contribution is -2.33. The lowest BCUT2D eigenvalue weighted by Gasteiger charge is -2.18. The van der Waals surface area contributed by atoms with Gasteiger partial charge in [0.25, 0.3) is 0 Å². The number of pyridine rings is 1. The van der Waals surface area contributed by atoms with Gasteiger partial charge in [-0.2, -0.15) is 4.98 Å². The van der Waals surface area contributed by atoms with Gasteiger partial charge in [0, 0.05) is 30.5 Å². The molecule has 1 saturated heterocycles. The number of fused-ring (bicyclic) bond motifs is 2. The highest BCUT2D eigenvalue weighted by atomic mass is 16.5. The zero-order chi connectivity index (χ0) is 18.5. The number of phenols is 1. The van der Waals surface area contributed by atoms with Crippen molar-refractivity contribution in [1.82, 2.24) is 15.3 Å². The van der Waals surface area contributed by atoms with Gasteiger partial charge in [0.05, 0.1) is 18.2 Å². The molecule has 0 spiro atoms. The summed E-state index contributed by atoms with van der Waals surface area (Å²) in [6.07, 6.45) is 1.89. The molecule has 0 saturated carbocycles. The van der Waals surface area contributed by atoms with Crippen LogP contribution in [0.1, 0.15) is 35.8 Å². The van der Waals surface area contributed by atoms with E-state index in [4.69, 9.17) is 9.15 Å². The maximum Gasteiger partial charge on any atom is 0.220 e. The molecule has 2 aromatic heterocycles. The molecule has 0 unspecified atom stereocenters. The molecule has 27 heavy (non-hydrogen) atoms. The Morgan fingerprint density at radius 2 is 2.15 bits per heavy atom. The number of phenolic OH excluding ortho intramolecular Hbond substituents is 1. The van der Waals surface area contributed by atoms with Gasteiger partial charge in [0.1, 0.15) is 11.5 Å². The summed E-state index contributed by atoms with van der Waals surface area (Å²) >= 11 is 0. The van der Waals surface area contributed by atoms with Crippen molar-refractivity contribution in [3.63, 3.8) is 0 Å². The van der Waals surface area contributed by atoms with Gasteiger partial charge in [-0.05, 0) is 37.1 Å². The average Bonchev–Trinajstić information content (AvgIpc) is 3.28. The van der Waals surface area contributed by atoms with Gasteiger partial charge < -0.3 is 19.6 Å². The molecule has 0 bridgehead atoms. The fourth-order valence-corrected chi connectivity index (χ4v) is 3.86. The highest BCUT2D eigenvalue weighted by molar-refractivity contribution is 5.80. The summed E-state index contributed by atoms with van der Waals surface area (Å²) in [5.74, 6) is 1.70. The normalized spacial score (nSPS) is 19.0. The minimum atomic E-state index is 0.0626. The van der Waals surface area contributed by atoms with E-state index in [2.05, 4.69) is 15.3 Å². The number of oxazole rings is 1. The van der Waals surface area contributed by atoms with Crippen LogP contribution in [-0.4, -0.2) is 34.1 Å². The van der Waals surface area contributed by atoms with Gasteiger partial charge in [-0.15, -0.1) is 0 Å². The summed E-state index contributed by atoms with van der Waals surface area (Å²) in [5, 5.41) is 13.6. The first-order valence-corrected chi connectivity index (χ1v) is 9.13. The molecule has 7 nitrogen and oxygen atoms in total. The Kier molecular flexibility index (Phi) is 3.56. The zero-order valence-corrected chi connectivity index (χ0v) is 14.9. The largest absolute Gasteiger partial charge is 0.507 e. The molecule has 2 aliphatic heterocycles. The van der Waals surface area contributed by atoms with E-state index in [-0.39, 0.29) is 17.6 Å². The minimum Gasteiger partial charge on any atom is -0.507 e. The Morgan fingerprint density at radius 1 is 1.26 bits per heavy atom. The van der Waals surface area contributed by atoms with Crippen molar-refractivity contribution in [1.29, 1.82) is 0 Å². The first kappa shape index (κ1) is 16.1. The van der Waals surface area contributed by atoms with Gasteiger partial charge in [-0.3, -0.25) is 4.79 Å². The topological polar surface area (TPSA) is 97.5 Å². The number of rotatable bonds is 2. The number of benzene rings is 1. The van der Waals surface area contributed by atoms with E-state index in [0.717, 1.165) is 23.3 Å². The molecular formula is C20H19N3O4. The number of carbonyl (C=O) groups excluding carboxylic acids is 1. The summed E-state index contributed by atoms with van der Waals surface area (Å²) < 4.78 is 11.4. The molecule has 2 aliphatic rings. The van der Waals surface area contributed by atoms with E-state index in [0.29, 0.717) is 54.4 Å². The number of amides is 1. The first-order chi connectivity index (χ1) is 13.1. The van der Waals surface area contributed by atoms with E-state index in [1.807, 2.05) is 25.1 Å². The summed E-state index contributed by atoms with van der Waals surface area (Å²) in [4.78, 5) is 20.5. The molecule has 2 N–H and O–H groups in total. The van der Waals surface area contributed by atoms with Crippen molar-refractivity contribution >= 4 is 17.1 Å². The van der Waals surface area contributed by atoms with Crippen LogP contribution in [0.2, 0.25) is 0 Å². The predicted molar refractivity (Wildman–Crippen MR) is 97.8 cm³/mol. The highest BCUT2D eigenvalue weighted by Gasteiger charge is 2.26. The fourth-order valence-electron chi connectivity index (χ4n) is 3.86. The number of nitrogens with zero attached hydrogens (tertiary/aromatic N) is 2. The molecule has 1 aromatic carbocycles. The molecule has 0 radical (unpaired) electrons. The number of piperidine rings is 1. The molecule has 7 heteroatoms. The SMILES string of the molecule is Cc1cc2c(c(O)c1-c1ccc3oc([C@H]4CCC(=O)NC4)nc3n1)CCO2. The van der Waals surface area contributed by atoms with Crippen LogP contribution in [0, 0.1) is 6.92 Å². The van der Waals surface area contributed by atoms with Crippen LogP contribution in [0.15, 0.2) is 22.6 Å². The van der Waals surface area contributed by atoms with Crippen LogP contribution in [0.3, 0.4) is 0 Å². The summed E-state index contributed by atoms with van der Waals surface area (Å²) in [7, 11) is 0. The lowest BCUT2D eigenvalue weighted by molar-refractivity contribution is -0.122. The zero-order valence-electron chi connectivity index (χ0n) is 14.9. The quantitative estimate of drug-likeness (QED) is 0.725. The number of hydrogen-bond donors (Lipinski definition) is 2. The monoisotopic (exact) mass is 365 g/mol. The van der Waals surface area contributed by atoms with E-state index < -0.39 is 0 Å². The third-order valence-corrected chi connectivity index (χ3v) is 5.31. The molecule has 4 heterocycles. The molecule has 3 aromatic rings. The van der Waals surface area contributed by atoms with Gasteiger partial charge in [-0.1, -0.05) is 0 Å². The van der Waals surface area contributed by atoms with Gasteiger partial charge in [-0.25, -0.2) is 4.98 Å². The van der Waals surface area contributed by atoms with E-state index in [1.54, 1.807) is 0 Å². The Balaban J connectivity index is 1.55. The Morgan fingerprint density at radius 3 is 2.96 bits per heavy atom. The van der Waals surface area contributed by atoms with Crippen LogP contribution in [-0.2, 0) is 11.2 Å². The Hall–Kier alpha value is -3.09. The van der Waals surface area contributed by atoms with Crippen LogP contribution >= 0.6 is 0 Å². The Bertz CT molecular complexity index is 1060. The van der Waals surface area contributed by atoms with E-state index in [9.17, 15) is 9.90 Å². The second kappa shape index (κ2) is 5.97. The molecule has 1 fully saturated rings. The maximum absolute atomic E-state index is 11.4. The third kappa shape index (κ3) is 2.61. The summed E-state index contributed by atoms with van der Waals surface area (Å²) in [6, 6.07) is 5.62. The number of nitrogens with one attached hydrogen (secondary N) is 1. The highest BCUT2D eigenvalue weighted by Crippen LogP contribution is 2.42. The van der Waals surface area contributed by atoms with Crippen LogP contribution in [0.4, 0.5) is 0 Å². The standard InChI is InChI=1S/C20H19N3O4/c1-10-8-15-12(6-7-26-15)18(25)17(10)13-3-4-14-19(22-13)23-20(27-14)11-2-5-16(24)21-9-11/h3-4,8,11,25H,2,5-7,9H2,1H3,(H,21,24)/t11-/m0/s1. The van der Waals surface area contributed by atoms with E-state index >= 15 is 0 Å². The van der Waals surface area contributed by atoms with Crippen LogP contribution < -0.4 is 10.1 Å². The summed E-state index contributed by atoms with van der Waals surface area (Å²) in [6.45, 7) is 3.05. The molecule has 138 valence electrons. The second-order valence-corrected chi connectivity index (χ2v) is 7.10. The van der Waals surface area contributed by atoms with Gasteiger partial charge in [0.2, 0.25) is 11.8 Å². The van der Waals surface area contributed by atoms with E-state index in [1.165, 1.54) is 0 Å². The number of carbonyl (C=O) groups is 1. The number of aromatic hydroxyl groups is 1. The van der Waals surface area contributed by atoms with Crippen molar-refractivity contribution in [2.24, 2.45) is 0 Å². The number of hydrogen-bond acceptors (Lipinski definition) is 6. The van der Waals surface area contributed by atoms with Gasteiger partial charge in [0.15, 0.2) is 11.2 Å². The third-order valence-electron chi connectivity index (χ3n) is 5.31. The van der Waals surface area contributed by atoms with Crippen molar-refractivity contribution in [3.8, 4) is 22.8 Å². The van der Waals surface area contributed by atoms with Crippen LogP contribution in [0.5, 0.6) is 11.5 Å². The fraction of sp³-hybridized carbons (Fsp3) is 0.350. The van der Waals surface area contributed by atoms with Crippen molar-refractivity contribution < 1.29 is 19.1 Å². The number of aryl methyl sites for hydroxylation is 1. The summed E-state index contributed by atoms with van der Waals surface area (Å²) in [5.41, 5.74) is 4.21. The number of aromatic nitrogens is 2. The van der Waals surface area contributed by atoms with Crippen molar-refractivity contribution in [3.05, 3.63) is 35.2 Å². The molecule has 5 rings (SSSR count). The number of ether oxygens (including phenoxy) is 1. The second-order valence-electron chi connectivity index (χ2n) is 7.10. The smallest absolute Gasteiger partial charge is 0.220 e. The lowest BCUT2D eigenvalue weighted by atomic mass is 9.98. The maximum atomic E-state index is 11.4. The van der Waals surface area contributed by atoms with Gasteiger partial charge >= 0.3 is 0 Å². The predicted octanol–water partition coefficient (Wildman–Crippen LogP) is 2.83. The average molecular weight is 365 g/mol. The van der Waals surface area contributed by atoms with Crippen LogP contribution in [0.25, 0.3) is 22.5 Å². The van der Waals surface area contributed by atoms with Crippen molar-refractivity contribution in [2.75, 3.05) is 13.2 Å². The van der Waals surface area contributed by atoms with Crippen molar-refractivity contribution in [2.45, 2.75) is 32.1 Å². The minimum absolute atomic E-state index is 0.0626. The molecule has 1 atom stereocenters. The Labute approximate surface area is 155 Å². The molecule has 0 aliphatic carbocycles. The molecule has 1 amide bonds.